The van der Waals surface area contributed by atoms with E-state index in [0.29, 0.717) is 31.3 Å². The van der Waals surface area contributed by atoms with Gasteiger partial charge in [0, 0.05) is 13.2 Å². The molecule has 0 aromatic heterocycles. The van der Waals surface area contributed by atoms with Crippen molar-refractivity contribution in [1.29, 1.82) is 0 Å². The highest BCUT2D eigenvalue weighted by Gasteiger charge is 2.27. The smallest absolute Gasteiger partial charge is 0.237 e. The summed E-state index contributed by atoms with van der Waals surface area (Å²) < 4.78 is 16.2. The lowest BCUT2D eigenvalue weighted by Crippen LogP contribution is -2.47. The minimum absolute atomic E-state index is 0. The van der Waals surface area contributed by atoms with Gasteiger partial charge in [-0.2, -0.15) is 0 Å². The fraction of sp³-hybridized carbons (Fsp3) is 0.611. The van der Waals surface area contributed by atoms with E-state index >= 15 is 0 Å². The van der Waals surface area contributed by atoms with Gasteiger partial charge in [-0.05, 0) is 50.3 Å². The van der Waals surface area contributed by atoms with Gasteiger partial charge < -0.3 is 25.3 Å². The minimum Gasteiger partial charge on any atom is -0.493 e. The van der Waals surface area contributed by atoms with Crippen molar-refractivity contribution in [3.8, 4) is 11.5 Å². The molecule has 142 valence electrons. The number of amides is 1. The van der Waals surface area contributed by atoms with E-state index in [1.54, 1.807) is 7.11 Å². The van der Waals surface area contributed by atoms with Gasteiger partial charge in [0.05, 0.1) is 25.8 Å². The van der Waals surface area contributed by atoms with Gasteiger partial charge >= 0.3 is 0 Å². The molecule has 1 fully saturated rings. The highest BCUT2D eigenvalue weighted by atomic mass is 35.5. The SMILES string of the molecule is CCOc1ccc(C(C)NC(=O)C(N)C2CCOCC2)cc1OC.Cl. The number of nitrogens with one attached hydrogen (secondary N) is 1. The second kappa shape index (κ2) is 10.5. The van der Waals surface area contributed by atoms with Gasteiger partial charge in [0.2, 0.25) is 5.91 Å². The molecule has 1 aromatic carbocycles. The Morgan fingerprint density at radius 1 is 1.36 bits per heavy atom. The lowest BCUT2D eigenvalue weighted by molar-refractivity contribution is -0.125. The summed E-state index contributed by atoms with van der Waals surface area (Å²) in [6.45, 7) is 5.79. The van der Waals surface area contributed by atoms with Gasteiger partial charge in [-0.1, -0.05) is 6.07 Å². The van der Waals surface area contributed by atoms with Crippen LogP contribution in [0.2, 0.25) is 0 Å². The molecule has 0 radical (unpaired) electrons. The number of nitrogens with two attached hydrogens (primary N) is 1. The predicted molar refractivity (Wildman–Crippen MR) is 99.5 cm³/mol. The van der Waals surface area contributed by atoms with Gasteiger partial charge in [0.15, 0.2) is 11.5 Å². The lowest BCUT2D eigenvalue weighted by atomic mass is 9.91. The molecule has 2 atom stereocenters. The van der Waals surface area contributed by atoms with Crippen molar-refractivity contribution in [3.63, 3.8) is 0 Å². The molecule has 1 aliphatic heterocycles. The number of benzene rings is 1. The molecule has 1 aliphatic rings. The summed E-state index contributed by atoms with van der Waals surface area (Å²) >= 11 is 0. The van der Waals surface area contributed by atoms with Crippen LogP contribution in [0.4, 0.5) is 0 Å². The molecule has 1 aromatic rings. The summed E-state index contributed by atoms with van der Waals surface area (Å²) in [5.74, 6) is 1.41. The Morgan fingerprint density at radius 2 is 2.04 bits per heavy atom. The molecule has 25 heavy (non-hydrogen) atoms. The monoisotopic (exact) mass is 372 g/mol. The Morgan fingerprint density at radius 3 is 2.64 bits per heavy atom. The number of ether oxygens (including phenoxy) is 3. The van der Waals surface area contributed by atoms with Crippen LogP contribution in [0, 0.1) is 5.92 Å². The van der Waals surface area contributed by atoms with Gasteiger partial charge in [0.1, 0.15) is 0 Å². The van der Waals surface area contributed by atoms with Crippen LogP contribution in [0.1, 0.15) is 38.3 Å². The van der Waals surface area contributed by atoms with E-state index < -0.39 is 6.04 Å². The van der Waals surface area contributed by atoms with Gasteiger partial charge in [-0.25, -0.2) is 0 Å². The maximum Gasteiger partial charge on any atom is 0.237 e. The average molecular weight is 373 g/mol. The fourth-order valence-corrected chi connectivity index (χ4v) is 2.91. The molecule has 3 N–H and O–H groups in total. The number of hydrogen-bond acceptors (Lipinski definition) is 5. The minimum atomic E-state index is -0.499. The first-order valence-corrected chi connectivity index (χ1v) is 8.51. The molecule has 1 saturated heterocycles. The topological polar surface area (TPSA) is 82.8 Å². The predicted octanol–water partition coefficient (Wildman–Crippen LogP) is 2.45. The van der Waals surface area contributed by atoms with Gasteiger partial charge in [-0.15, -0.1) is 12.4 Å². The first-order valence-electron chi connectivity index (χ1n) is 8.51. The lowest BCUT2D eigenvalue weighted by Gasteiger charge is -2.28. The molecule has 2 unspecified atom stereocenters. The van der Waals surface area contributed by atoms with Crippen LogP contribution >= 0.6 is 12.4 Å². The largest absolute Gasteiger partial charge is 0.493 e. The summed E-state index contributed by atoms with van der Waals surface area (Å²) in [6, 6.07) is 5.02. The Balaban J connectivity index is 0.00000312. The number of carbonyl (C=O) groups is 1. The molecular formula is C18H29ClN2O4. The van der Waals surface area contributed by atoms with Crippen molar-refractivity contribution in [1.82, 2.24) is 5.32 Å². The zero-order chi connectivity index (χ0) is 17.5. The highest BCUT2D eigenvalue weighted by molar-refractivity contribution is 5.85. The van der Waals surface area contributed by atoms with E-state index in [1.807, 2.05) is 32.0 Å². The van der Waals surface area contributed by atoms with Crippen molar-refractivity contribution >= 4 is 18.3 Å². The Kier molecular flexibility index (Phi) is 9.03. The summed E-state index contributed by atoms with van der Waals surface area (Å²) in [7, 11) is 1.60. The van der Waals surface area contributed by atoms with Crippen LogP contribution in [-0.4, -0.2) is 38.9 Å². The molecular weight excluding hydrogens is 344 g/mol. The number of hydrogen-bond donors (Lipinski definition) is 2. The maximum atomic E-state index is 12.4. The van der Waals surface area contributed by atoms with Gasteiger partial charge in [0.25, 0.3) is 0 Å². The molecule has 0 bridgehead atoms. The zero-order valence-electron chi connectivity index (χ0n) is 15.1. The van der Waals surface area contributed by atoms with E-state index in [1.165, 1.54) is 0 Å². The maximum absolute atomic E-state index is 12.4. The van der Waals surface area contributed by atoms with Crippen molar-refractivity contribution < 1.29 is 19.0 Å². The Bertz CT molecular complexity index is 550. The summed E-state index contributed by atoms with van der Waals surface area (Å²) in [6.07, 6.45) is 1.67. The van der Waals surface area contributed by atoms with Crippen molar-refractivity contribution in [3.05, 3.63) is 23.8 Å². The van der Waals surface area contributed by atoms with E-state index in [-0.39, 0.29) is 30.3 Å². The number of rotatable bonds is 7. The third-order valence-electron chi connectivity index (χ3n) is 4.42. The summed E-state index contributed by atoms with van der Waals surface area (Å²) in [4.78, 5) is 12.4. The fourth-order valence-electron chi connectivity index (χ4n) is 2.91. The summed E-state index contributed by atoms with van der Waals surface area (Å²) in [5, 5.41) is 2.99. The van der Waals surface area contributed by atoms with E-state index in [0.717, 1.165) is 18.4 Å². The first kappa shape index (κ1) is 21.5. The normalized spacial score (nSPS) is 17.1. The molecule has 0 aliphatic carbocycles. The van der Waals surface area contributed by atoms with Crippen LogP contribution < -0.4 is 20.5 Å². The van der Waals surface area contributed by atoms with Crippen LogP contribution in [0.5, 0.6) is 11.5 Å². The number of halogens is 1. The Labute approximate surface area is 155 Å². The van der Waals surface area contributed by atoms with Crippen LogP contribution in [0.3, 0.4) is 0 Å². The molecule has 0 saturated carbocycles. The van der Waals surface area contributed by atoms with Crippen LogP contribution in [-0.2, 0) is 9.53 Å². The standard InChI is InChI=1S/C18H28N2O4.ClH/c1-4-24-15-6-5-14(11-16(15)22-3)12(2)20-18(21)17(19)13-7-9-23-10-8-13;/h5-6,11-13,17H,4,7-10,19H2,1-3H3,(H,20,21);1H. The molecule has 7 heteroatoms. The third kappa shape index (κ3) is 5.76. The van der Waals surface area contributed by atoms with Gasteiger partial charge in [-0.3, -0.25) is 4.79 Å². The Hall–Kier alpha value is -1.50. The second-order valence-corrected chi connectivity index (χ2v) is 6.05. The molecule has 0 spiro atoms. The zero-order valence-corrected chi connectivity index (χ0v) is 15.9. The van der Waals surface area contributed by atoms with Crippen molar-refractivity contribution in [2.24, 2.45) is 11.7 Å². The quantitative estimate of drug-likeness (QED) is 0.768. The van der Waals surface area contributed by atoms with Crippen LogP contribution in [0.25, 0.3) is 0 Å². The summed E-state index contributed by atoms with van der Waals surface area (Å²) in [5.41, 5.74) is 7.07. The third-order valence-corrected chi connectivity index (χ3v) is 4.42. The number of methoxy groups -OCH3 is 1. The van der Waals surface area contributed by atoms with Crippen molar-refractivity contribution in [2.75, 3.05) is 26.9 Å². The van der Waals surface area contributed by atoms with Crippen molar-refractivity contribution in [2.45, 2.75) is 38.8 Å². The second-order valence-electron chi connectivity index (χ2n) is 6.05. The number of carbonyl (C=O) groups excluding carboxylic acids is 1. The highest BCUT2D eigenvalue weighted by Crippen LogP contribution is 2.30. The van der Waals surface area contributed by atoms with E-state index in [9.17, 15) is 4.79 Å². The van der Waals surface area contributed by atoms with E-state index in [2.05, 4.69) is 5.32 Å². The molecule has 1 amide bonds. The van der Waals surface area contributed by atoms with E-state index in [4.69, 9.17) is 19.9 Å². The first-order chi connectivity index (χ1) is 11.6. The molecule has 2 rings (SSSR count). The molecule has 6 nitrogen and oxygen atoms in total. The molecule has 1 heterocycles. The average Bonchev–Trinajstić information content (AvgIpc) is 2.62. The van der Waals surface area contributed by atoms with Crippen LogP contribution in [0.15, 0.2) is 18.2 Å².